The van der Waals surface area contributed by atoms with Crippen molar-refractivity contribution in [2.75, 3.05) is 6.54 Å². The molecule has 1 aromatic rings. The number of benzene rings is 1. The van der Waals surface area contributed by atoms with Crippen LogP contribution in [0.1, 0.15) is 19.4 Å². The van der Waals surface area contributed by atoms with Crippen molar-refractivity contribution < 1.29 is 22.7 Å². The van der Waals surface area contributed by atoms with Crippen LogP contribution in [0.2, 0.25) is 10.0 Å². The summed E-state index contributed by atoms with van der Waals surface area (Å²) >= 11 is 11.5. The average Bonchev–Trinajstić information content (AvgIpc) is 2.41. The van der Waals surface area contributed by atoms with Gasteiger partial charge in [0, 0.05) is 18.3 Å². The van der Waals surface area contributed by atoms with Crippen molar-refractivity contribution >= 4 is 35.1 Å². The third kappa shape index (κ3) is 5.93. The van der Waals surface area contributed by atoms with Crippen LogP contribution in [0.5, 0.6) is 5.75 Å². The lowest BCUT2D eigenvalue weighted by atomic mass is 10.2. The molecule has 24 heavy (non-hydrogen) atoms. The molecule has 0 heterocycles. The molecule has 132 valence electrons. The summed E-state index contributed by atoms with van der Waals surface area (Å²) < 4.78 is 43.0. The maximum atomic E-state index is 12.6. The molecule has 0 aliphatic heterocycles. The summed E-state index contributed by atoms with van der Waals surface area (Å²) in [6, 6.07) is 0.837. The zero-order valence-electron chi connectivity index (χ0n) is 12.6. The predicted octanol–water partition coefficient (Wildman–Crippen LogP) is 4.59. The number of urea groups is 1. The van der Waals surface area contributed by atoms with Crippen molar-refractivity contribution in [3.05, 3.63) is 39.5 Å². The number of ether oxygens (including phenoxy) is 1. The fraction of sp³-hybridized carbons (Fsp3) is 0.286. The quantitative estimate of drug-likeness (QED) is 0.525. The van der Waals surface area contributed by atoms with E-state index < -0.39 is 23.7 Å². The molecule has 2 amide bonds. The minimum atomic E-state index is -4.60. The van der Waals surface area contributed by atoms with Gasteiger partial charge in [-0.25, -0.2) is 4.79 Å². The van der Waals surface area contributed by atoms with E-state index in [4.69, 9.17) is 33.3 Å². The summed E-state index contributed by atoms with van der Waals surface area (Å²) in [5.74, 6) is -0.744. The molecule has 5 nitrogen and oxygen atoms in total. The van der Waals surface area contributed by atoms with Crippen LogP contribution < -0.4 is 15.4 Å². The number of alkyl halides is 3. The lowest BCUT2D eigenvalue weighted by Crippen LogP contribution is -2.34. The van der Waals surface area contributed by atoms with Gasteiger partial charge in [0.1, 0.15) is 0 Å². The molecular weight excluding hydrogens is 370 g/mol. The van der Waals surface area contributed by atoms with Crippen LogP contribution in [0.4, 0.5) is 18.0 Å². The van der Waals surface area contributed by atoms with Crippen LogP contribution in [0.15, 0.2) is 23.9 Å². The Morgan fingerprint density at radius 3 is 2.33 bits per heavy atom. The molecule has 0 fully saturated rings. The molecule has 0 atom stereocenters. The molecule has 0 radical (unpaired) electrons. The first-order chi connectivity index (χ1) is 11.0. The Labute approximate surface area is 146 Å². The first-order valence-electron chi connectivity index (χ1n) is 6.60. The highest BCUT2D eigenvalue weighted by Gasteiger charge is 2.32. The van der Waals surface area contributed by atoms with E-state index in [1.165, 1.54) is 6.92 Å². The third-order valence-corrected chi connectivity index (χ3v) is 3.09. The maximum Gasteiger partial charge on any atom is 0.416 e. The molecule has 1 rings (SSSR count). The first-order valence-corrected chi connectivity index (χ1v) is 7.36. The number of rotatable bonds is 4. The van der Waals surface area contributed by atoms with Gasteiger partial charge in [0.15, 0.2) is 5.75 Å². The molecular formula is C14H14Cl2F3N3O2. The second-order valence-electron chi connectivity index (χ2n) is 4.54. The highest BCUT2D eigenvalue weighted by atomic mass is 35.5. The summed E-state index contributed by atoms with van der Waals surface area (Å²) in [6.07, 6.45) is -3.45. The number of hydrogen-bond donors (Lipinski definition) is 3. The second-order valence-corrected chi connectivity index (χ2v) is 5.36. The Morgan fingerprint density at radius 2 is 1.88 bits per heavy atom. The van der Waals surface area contributed by atoms with Crippen LogP contribution in [0, 0.1) is 5.41 Å². The number of nitrogens with one attached hydrogen (secondary N) is 3. The Morgan fingerprint density at radius 1 is 1.33 bits per heavy atom. The Bertz CT molecular complexity index is 653. The molecule has 0 saturated carbocycles. The minimum absolute atomic E-state index is 0.279. The van der Waals surface area contributed by atoms with E-state index in [0.717, 1.165) is 6.08 Å². The standard InChI is InChI=1S/C14H14Cl2F3N3O2/c1-3-21-13(23)22-7(2)4-11(20)24-12-9(15)5-8(6-10(12)16)14(17,18)19/h4-6,20H,3H2,1-2H3,(H2,21,22,23)/b7-4-,20-11?. The van der Waals surface area contributed by atoms with Crippen LogP contribution in [-0.2, 0) is 6.18 Å². The van der Waals surface area contributed by atoms with E-state index >= 15 is 0 Å². The maximum absolute atomic E-state index is 12.6. The third-order valence-electron chi connectivity index (χ3n) is 2.53. The summed E-state index contributed by atoms with van der Waals surface area (Å²) in [6.45, 7) is 3.66. The molecule has 0 bridgehead atoms. The number of amides is 2. The van der Waals surface area contributed by atoms with Gasteiger partial charge < -0.3 is 15.4 Å². The van der Waals surface area contributed by atoms with Crippen LogP contribution in [0.3, 0.4) is 0 Å². The van der Waals surface area contributed by atoms with Crippen LogP contribution in [-0.4, -0.2) is 18.5 Å². The summed E-state index contributed by atoms with van der Waals surface area (Å²) in [4.78, 5) is 11.3. The van der Waals surface area contributed by atoms with Crippen molar-refractivity contribution in [1.82, 2.24) is 10.6 Å². The van der Waals surface area contributed by atoms with Crippen molar-refractivity contribution in [3.8, 4) is 5.75 Å². The van der Waals surface area contributed by atoms with Crippen molar-refractivity contribution in [2.24, 2.45) is 0 Å². The topological polar surface area (TPSA) is 74.2 Å². The van der Waals surface area contributed by atoms with Crippen molar-refractivity contribution in [2.45, 2.75) is 20.0 Å². The zero-order valence-corrected chi connectivity index (χ0v) is 14.2. The van der Waals surface area contributed by atoms with Crippen molar-refractivity contribution in [1.29, 1.82) is 5.41 Å². The molecule has 0 aromatic heterocycles. The average molecular weight is 384 g/mol. The molecule has 3 N–H and O–H groups in total. The van der Waals surface area contributed by atoms with Crippen LogP contribution >= 0.6 is 23.2 Å². The molecule has 0 aliphatic rings. The van der Waals surface area contributed by atoms with Gasteiger partial charge in [-0.15, -0.1) is 0 Å². The van der Waals surface area contributed by atoms with E-state index in [1.54, 1.807) is 6.92 Å². The SMILES string of the molecule is CCNC(=O)N/C(C)=C\C(=N)Oc1c(Cl)cc(C(F)(F)F)cc1Cl. The molecule has 0 aliphatic carbocycles. The van der Waals surface area contributed by atoms with Gasteiger partial charge >= 0.3 is 12.2 Å². The van der Waals surface area contributed by atoms with Gasteiger partial charge in [-0.05, 0) is 26.0 Å². The number of hydrogen-bond acceptors (Lipinski definition) is 3. The number of carbonyl (C=O) groups excluding carboxylic acids is 1. The first kappa shape index (κ1) is 20.1. The van der Waals surface area contributed by atoms with Crippen molar-refractivity contribution in [3.63, 3.8) is 0 Å². The summed E-state index contributed by atoms with van der Waals surface area (Å²) in [5.41, 5.74) is -0.744. The lowest BCUT2D eigenvalue weighted by molar-refractivity contribution is -0.137. The number of halogens is 5. The molecule has 0 unspecified atom stereocenters. The van der Waals surface area contributed by atoms with E-state index in [2.05, 4.69) is 10.6 Å². The van der Waals surface area contributed by atoms with Gasteiger partial charge in [-0.1, -0.05) is 23.2 Å². The van der Waals surface area contributed by atoms with Gasteiger partial charge in [0.25, 0.3) is 0 Å². The highest BCUT2D eigenvalue weighted by molar-refractivity contribution is 6.37. The van der Waals surface area contributed by atoms with Gasteiger partial charge in [-0.3, -0.25) is 5.41 Å². The van der Waals surface area contributed by atoms with E-state index in [0.29, 0.717) is 18.7 Å². The van der Waals surface area contributed by atoms with Gasteiger partial charge in [0.05, 0.1) is 15.6 Å². The smallest absolute Gasteiger partial charge is 0.416 e. The van der Waals surface area contributed by atoms with E-state index in [9.17, 15) is 18.0 Å². The van der Waals surface area contributed by atoms with Gasteiger partial charge in [0.2, 0.25) is 5.90 Å². The second kappa shape index (κ2) is 8.25. The van der Waals surface area contributed by atoms with Crippen LogP contribution in [0.25, 0.3) is 0 Å². The summed E-state index contributed by atoms with van der Waals surface area (Å²) in [7, 11) is 0. The van der Waals surface area contributed by atoms with E-state index in [1.807, 2.05) is 0 Å². The lowest BCUT2D eigenvalue weighted by Gasteiger charge is -2.13. The summed E-state index contributed by atoms with van der Waals surface area (Å²) in [5, 5.41) is 11.8. The zero-order chi connectivity index (χ0) is 18.5. The fourth-order valence-electron chi connectivity index (χ4n) is 1.58. The normalized spacial score (nSPS) is 11.9. The minimum Gasteiger partial charge on any atom is -0.436 e. The Kier molecular flexibility index (Phi) is 6.92. The largest absolute Gasteiger partial charge is 0.436 e. The molecule has 10 heteroatoms. The predicted molar refractivity (Wildman–Crippen MR) is 85.8 cm³/mol. The highest BCUT2D eigenvalue weighted by Crippen LogP contribution is 2.39. The van der Waals surface area contributed by atoms with Gasteiger partial charge in [-0.2, -0.15) is 13.2 Å². The molecule has 0 saturated heterocycles. The monoisotopic (exact) mass is 383 g/mol. The Balaban J connectivity index is 2.90. The Hall–Kier alpha value is -1.93. The number of allylic oxidation sites excluding steroid dienone is 1. The fourth-order valence-corrected chi connectivity index (χ4v) is 2.14. The van der Waals surface area contributed by atoms with E-state index in [-0.39, 0.29) is 21.5 Å². The molecule has 0 spiro atoms. The molecule has 1 aromatic carbocycles. The number of carbonyl (C=O) groups is 1.